The van der Waals surface area contributed by atoms with Crippen molar-refractivity contribution in [1.82, 2.24) is 9.30 Å². The third-order valence-electron chi connectivity index (χ3n) is 5.89. The zero-order chi connectivity index (χ0) is 21.4. The van der Waals surface area contributed by atoms with Gasteiger partial charge in [-0.05, 0) is 49.7 Å². The summed E-state index contributed by atoms with van der Waals surface area (Å²) in [6, 6.07) is 8.05. The molecular formula is C23H25FN2O4. The molecular weight excluding hydrogens is 387 g/mol. The lowest BCUT2D eigenvalue weighted by molar-refractivity contribution is 0.0187. The van der Waals surface area contributed by atoms with Crippen LogP contribution in [-0.2, 0) is 4.74 Å². The first-order chi connectivity index (χ1) is 14.4. The normalized spacial score (nSPS) is 16.0. The van der Waals surface area contributed by atoms with Gasteiger partial charge < -0.3 is 19.0 Å². The van der Waals surface area contributed by atoms with Gasteiger partial charge in [-0.15, -0.1) is 0 Å². The highest BCUT2D eigenvalue weighted by Gasteiger charge is 2.25. The maximum Gasteiger partial charge on any atom is 0.336 e. The summed E-state index contributed by atoms with van der Waals surface area (Å²) in [7, 11) is 1.54. The van der Waals surface area contributed by atoms with Crippen molar-refractivity contribution < 1.29 is 23.8 Å². The van der Waals surface area contributed by atoms with Crippen LogP contribution in [-0.4, -0.2) is 53.8 Å². The smallest absolute Gasteiger partial charge is 0.336 e. The fourth-order valence-corrected chi connectivity index (χ4v) is 4.25. The second kappa shape index (κ2) is 8.08. The van der Waals surface area contributed by atoms with Crippen molar-refractivity contribution in [2.75, 3.05) is 33.4 Å². The summed E-state index contributed by atoms with van der Waals surface area (Å²) < 4.78 is 27.3. The first-order valence-corrected chi connectivity index (χ1v) is 9.95. The first-order valence-electron chi connectivity index (χ1n) is 9.95. The number of nitrogens with zero attached hydrogens (tertiary/aromatic N) is 2. The number of fused-ring (bicyclic) bond motifs is 1. The van der Waals surface area contributed by atoms with Crippen LogP contribution in [0, 0.1) is 12.7 Å². The molecule has 2 aromatic heterocycles. The van der Waals surface area contributed by atoms with Crippen molar-refractivity contribution in [2.24, 2.45) is 0 Å². The Hall–Kier alpha value is -2.90. The van der Waals surface area contributed by atoms with E-state index in [1.807, 2.05) is 23.6 Å². The van der Waals surface area contributed by atoms with E-state index in [1.54, 1.807) is 18.2 Å². The minimum atomic E-state index is -0.972. The Labute approximate surface area is 174 Å². The SMILES string of the molecule is COc1ccc(F)c(-c2cc3cc(C(=O)O)c(C)c(C(C)N4CCOCC4)n3c2)c1. The minimum Gasteiger partial charge on any atom is -0.497 e. The Bertz CT molecular complexity index is 1100. The second-order valence-electron chi connectivity index (χ2n) is 7.57. The molecule has 1 saturated heterocycles. The van der Waals surface area contributed by atoms with Crippen LogP contribution in [0.3, 0.4) is 0 Å². The standard InChI is InChI=1S/C23H25FN2O4/c1-14-19(23(27)28)11-17-10-16(20-12-18(29-3)4-5-21(20)24)13-26(17)22(14)15(2)25-6-8-30-9-7-25/h4-5,10-13,15H,6-9H2,1-3H3,(H,27,28). The van der Waals surface area contributed by atoms with Crippen molar-refractivity contribution in [3.8, 4) is 16.9 Å². The van der Waals surface area contributed by atoms with Gasteiger partial charge in [0.1, 0.15) is 11.6 Å². The van der Waals surface area contributed by atoms with E-state index in [0.29, 0.717) is 41.2 Å². The van der Waals surface area contributed by atoms with Gasteiger partial charge in [-0.2, -0.15) is 0 Å². The number of aromatic nitrogens is 1. The number of carboxylic acids is 1. The number of hydrogen-bond donors (Lipinski definition) is 1. The molecule has 30 heavy (non-hydrogen) atoms. The lowest BCUT2D eigenvalue weighted by Crippen LogP contribution is -2.39. The number of methoxy groups -OCH3 is 1. The molecule has 0 saturated carbocycles. The molecule has 1 N–H and O–H groups in total. The molecule has 0 aliphatic carbocycles. The van der Waals surface area contributed by atoms with Gasteiger partial charge >= 0.3 is 5.97 Å². The van der Waals surface area contributed by atoms with Crippen LogP contribution in [0.25, 0.3) is 16.6 Å². The molecule has 1 aliphatic heterocycles. The van der Waals surface area contributed by atoms with Gasteiger partial charge in [0.25, 0.3) is 0 Å². The van der Waals surface area contributed by atoms with Gasteiger partial charge in [-0.3, -0.25) is 4.90 Å². The van der Waals surface area contributed by atoms with Gasteiger partial charge in [0.2, 0.25) is 0 Å². The Morgan fingerprint density at radius 1 is 1.23 bits per heavy atom. The molecule has 1 aliphatic rings. The van der Waals surface area contributed by atoms with Crippen LogP contribution in [0.5, 0.6) is 5.75 Å². The number of aromatic carboxylic acids is 1. The van der Waals surface area contributed by atoms with Crippen LogP contribution in [0.1, 0.15) is 34.6 Å². The lowest BCUT2D eigenvalue weighted by Gasteiger charge is -2.34. The quantitative estimate of drug-likeness (QED) is 0.682. The Balaban J connectivity index is 1.91. The van der Waals surface area contributed by atoms with E-state index in [0.717, 1.165) is 18.8 Å². The second-order valence-corrected chi connectivity index (χ2v) is 7.57. The number of carbonyl (C=O) groups is 1. The number of ether oxygens (including phenoxy) is 2. The third-order valence-corrected chi connectivity index (χ3v) is 5.89. The number of pyridine rings is 1. The summed E-state index contributed by atoms with van der Waals surface area (Å²) in [5.74, 6) is -0.767. The fraction of sp³-hybridized carbons (Fsp3) is 0.348. The molecule has 0 amide bonds. The fourth-order valence-electron chi connectivity index (χ4n) is 4.25. The number of morpholine rings is 1. The van der Waals surface area contributed by atoms with Crippen LogP contribution in [0.15, 0.2) is 36.5 Å². The third kappa shape index (κ3) is 3.55. The van der Waals surface area contributed by atoms with E-state index in [9.17, 15) is 14.3 Å². The summed E-state index contributed by atoms with van der Waals surface area (Å²) in [5, 5.41) is 9.76. The van der Waals surface area contributed by atoms with Crippen molar-refractivity contribution in [2.45, 2.75) is 19.9 Å². The highest BCUT2D eigenvalue weighted by atomic mass is 19.1. The molecule has 4 rings (SSSR count). The van der Waals surface area contributed by atoms with Crippen LogP contribution in [0.4, 0.5) is 4.39 Å². The van der Waals surface area contributed by atoms with Gasteiger partial charge in [0.15, 0.2) is 0 Å². The maximum absolute atomic E-state index is 14.6. The maximum atomic E-state index is 14.6. The molecule has 1 unspecified atom stereocenters. The Morgan fingerprint density at radius 3 is 2.63 bits per heavy atom. The zero-order valence-corrected chi connectivity index (χ0v) is 17.3. The number of hydrogen-bond acceptors (Lipinski definition) is 4. The van der Waals surface area contributed by atoms with Crippen LogP contribution >= 0.6 is 0 Å². The molecule has 158 valence electrons. The molecule has 0 radical (unpaired) electrons. The predicted octanol–water partition coefficient (Wildman–Crippen LogP) is 4.15. The molecule has 0 bridgehead atoms. The van der Waals surface area contributed by atoms with Gasteiger partial charge in [-0.1, -0.05) is 0 Å². The van der Waals surface area contributed by atoms with Crippen molar-refractivity contribution in [3.63, 3.8) is 0 Å². The van der Waals surface area contributed by atoms with E-state index in [2.05, 4.69) is 11.8 Å². The zero-order valence-electron chi connectivity index (χ0n) is 17.3. The van der Waals surface area contributed by atoms with Crippen LogP contribution in [0.2, 0.25) is 0 Å². The molecule has 1 atom stereocenters. The van der Waals surface area contributed by atoms with Gasteiger partial charge in [0, 0.05) is 47.7 Å². The Morgan fingerprint density at radius 2 is 1.97 bits per heavy atom. The topological polar surface area (TPSA) is 63.4 Å². The number of carboxylic acid groups (broad SMARTS) is 1. The van der Waals surface area contributed by atoms with E-state index in [4.69, 9.17) is 9.47 Å². The van der Waals surface area contributed by atoms with Crippen LogP contribution < -0.4 is 4.74 Å². The van der Waals surface area contributed by atoms with Crippen molar-refractivity contribution in [1.29, 1.82) is 0 Å². The van der Waals surface area contributed by atoms with E-state index in [1.165, 1.54) is 13.2 Å². The highest BCUT2D eigenvalue weighted by Crippen LogP contribution is 2.34. The predicted molar refractivity (Wildman–Crippen MR) is 112 cm³/mol. The summed E-state index contributed by atoms with van der Waals surface area (Å²) in [5.41, 5.74) is 3.66. The molecule has 7 heteroatoms. The van der Waals surface area contributed by atoms with E-state index >= 15 is 0 Å². The average molecular weight is 412 g/mol. The van der Waals surface area contributed by atoms with Crippen molar-refractivity contribution in [3.05, 3.63) is 59.2 Å². The lowest BCUT2D eigenvalue weighted by atomic mass is 10.0. The van der Waals surface area contributed by atoms with E-state index in [-0.39, 0.29) is 17.4 Å². The summed E-state index contributed by atoms with van der Waals surface area (Å²) in [6.45, 7) is 6.76. The van der Waals surface area contributed by atoms with Gasteiger partial charge in [0.05, 0.1) is 25.9 Å². The number of benzene rings is 1. The summed E-state index contributed by atoms with van der Waals surface area (Å²) in [6.07, 6.45) is 1.87. The molecule has 3 heterocycles. The summed E-state index contributed by atoms with van der Waals surface area (Å²) >= 11 is 0. The highest BCUT2D eigenvalue weighted by molar-refractivity contribution is 5.92. The van der Waals surface area contributed by atoms with Gasteiger partial charge in [-0.25, -0.2) is 9.18 Å². The number of rotatable bonds is 5. The molecule has 6 nitrogen and oxygen atoms in total. The number of halogens is 1. The minimum absolute atomic E-state index is 0.0221. The molecule has 1 aromatic carbocycles. The van der Waals surface area contributed by atoms with E-state index < -0.39 is 5.97 Å². The average Bonchev–Trinajstić information content (AvgIpc) is 3.17. The largest absolute Gasteiger partial charge is 0.497 e. The first kappa shape index (κ1) is 20.4. The molecule has 0 spiro atoms. The molecule has 1 fully saturated rings. The Kier molecular flexibility index (Phi) is 5.49. The van der Waals surface area contributed by atoms with Crippen molar-refractivity contribution >= 4 is 11.5 Å². The summed E-state index contributed by atoms with van der Waals surface area (Å²) in [4.78, 5) is 14.2. The monoisotopic (exact) mass is 412 g/mol. The molecule has 3 aromatic rings.